The molecule has 0 saturated heterocycles. The molecule has 3 rings (SSSR count). The van der Waals surface area contributed by atoms with E-state index < -0.39 is 56.9 Å². The number of hydrogen-bond acceptors (Lipinski definition) is 4. The molecule has 0 fully saturated rings. The highest BCUT2D eigenvalue weighted by molar-refractivity contribution is 7.92. The van der Waals surface area contributed by atoms with E-state index in [0.717, 1.165) is 12.1 Å². The van der Waals surface area contributed by atoms with Gasteiger partial charge in [-0.25, -0.2) is 8.42 Å². The van der Waals surface area contributed by atoms with Crippen molar-refractivity contribution in [2.24, 2.45) is 5.92 Å². The molecule has 7 nitrogen and oxygen atoms in total. The van der Waals surface area contributed by atoms with E-state index in [1.807, 2.05) is 13.8 Å². The van der Waals surface area contributed by atoms with Gasteiger partial charge in [0.2, 0.25) is 11.8 Å². The van der Waals surface area contributed by atoms with Gasteiger partial charge in [0.15, 0.2) is 0 Å². The smallest absolute Gasteiger partial charge is 0.354 e. The maximum Gasteiger partial charge on any atom is 0.417 e. The molecule has 0 radical (unpaired) electrons. The van der Waals surface area contributed by atoms with Crippen molar-refractivity contribution in [3.63, 3.8) is 0 Å². The van der Waals surface area contributed by atoms with Gasteiger partial charge in [-0.2, -0.15) is 13.2 Å². The first-order valence-corrected chi connectivity index (χ1v) is 16.1. The molecule has 2 amide bonds. The number of halogens is 6. The first-order valence-electron chi connectivity index (χ1n) is 13.5. The van der Waals surface area contributed by atoms with Crippen molar-refractivity contribution in [1.82, 2.24) is 10.2 Å². The molecule has 0 aliphatic rings. The lowest BCUT2D eigenvalue weighted by molar-refractivity contribution is -0.140. The zero-order chi connectivity index (χ0) is 32.8. The Morgan fingerprint density at radius 3 is 2.16 bits per heavy atom. The maximum absolute atomic E-state index is 14.1. The zero-order valence-corrected chi connectivity index (χ0v) is 27.1. The number of hydrogen-bond donors (Lipinski definition) is 1. The molecular formula is C30H31Cl3F3N3O4S. The van der Waals surface area contributed by atoms with Crippen LogP contribution in [0, 0.1) is 5.92 Å². The Balaban J connectivity index is 2.15. The predicted octanol–water partition coefficient (Wildman–Crippen LogP) is 7.44. The number of carbonyl (C=O) groups excluding carboxylic acids is 2. The SMILES string of the molecule is CC[C@H](C(=O)NCC(C)C)N(Cc1ccc(Cl)cc1Cl)C(=O)CN(c1ccc(Cl)c(C(F)(F)F)c1)S(=O)(=O)c1ccccc1. The quantitative estimate of drug-likeness (QED) is 0.214. The van der Waals surface area contributed by atoms with Gasteiger partial charge in [0.25, 0.3) is 10.0 Å². The molecule has 1 N–H and O–H groups in total. The van der Waals surface area contributed by atoms with Gasteiger partial charge >= 0.3 is 6.18 Å². The standard InChI is InChI=1S/C30H31Cl3F3N3O4S/c1-4-27(29(41)37-16-19(2)3)38(17-20-10-11-21(31)14-26(20)33)28(40)18-39(44(42,43)23-8-6-5-7-9-23)22-12-13-25(32)24(15-22)30(34,35)36/h5-15,19,27H,4,16-18H2,1-3H3,(H,37,41)/t27-/m1/s1. The maximum atomic E-state index is 14.1. The molecule has 0 aromatic heterocycles. The molecule has 0 saturated carbocycles. The molecule has 3 aromatic carbocycles. The number of anilines is 1. The highest BCUT2D eigenvalue weighted by Gasteiger charge is 2.37. The number of alkyl halides is 3. The summed E-state index contributed by atoms with van der Waals surface area (Å²) >= 11 is 18.2. The number of nitrogens with zero attached hydrogens (tertiary/aromatic N) is 2. The Bertz CT molecular complexity index is 1590. The Hall–Kier alpha value is -2.99. The first kappa shape index (κ1) is 35.5. The van der Waals surface area contributed by atoms with Crippen molar-refractivity contribution in [1.29, 1.82) is 0 Å². The molecule has 1 atom stereocenters. The van der Waals surface area contributed by atoms with Gasteiger partial charge < -0.3 is 10.2 Å². The fourth-order valence-corrected chi connectivity index (χ4v) is 6.43. The average molecular weight is 693 g/mol. The van der Waals surface area contributed by atoms with Crippen molar-refractivity contribution >= 4 is 62.3 Å². The molecule has 238 valence electrons. The van der Waals surface area contributed by atoms with Gasteiger partial charge in [-0.3, -0.25) is 13.9 Å². The van der Waals surface area contributed by atoms with Crippen LogP contribution < -0.4 is 9.62 Å². The second-order valence-corrected chi connectivity index (χ2v) is 13.4. The second kappa shape index (κ2) is 14.9. The number of benzene rings is 3. The van der Waals surface area contributed by atoms with Gasteiger partial charge in [0, 0.05) is 23.1 Å². The topological polar surface area (TPSA) is 86.8 Å². The normalized spacial score (nSPS) is 12.6. The fourth-order valence-electron chi connectivity index (χ4n) is 4.31. The number of carbonyl (C=O) groups is 2. The van der Waals surface area contributed by atoms with Crippen LogP contribution in [0.4, 0.5) is 18.9 Å². The van der Waals surface area contributed by atoms with Crippen molar-refractivity contribution in [3.05, 3.63) is 92.9 Å². The summed E-state index contributed by atoms with van der Waals surface area (Å²) in [5, 5.41) is 2.69. The summed E-state index contributed by atoms with van der Waals surface area (Å²) < 4.78 is 69.7. The van der Waals surface area contributed by atoms with Gasteiger partial charge in [-0.05, 0) is 60.4 Å². The summed E-state index contributed by atoms with van der Waals surface area (Å²) in [6.07, 6.45) is -4.76. The molecule has 44 heavy (non-hydrogen) atoms. The highest BCUT2D eigenvalue weighted by atomic mass is 35.5. The minimum atomic E-state index is -4.90. The Labute approximate surface area is 269 Å². The zero-order valence-electron chi connectivity index (χ0n) is 24.0. The lowest BCUT2D eigenvalue weighted by Gasteiger charge is -2.33. The highest BCUT2D eigenvalue weighted by Crippen LogP contribution is 2.38. The van der Waals surface area contributed by atoms with Crippen LogP contribution in [0.5, 0.6) is 0 Å². The molecule has 0 unspecified atom stereocenters. The first-order chi connectivity index (χ1) is 20.6. The molecule has 0 bridgehead atoms. The van der Waals surface area contributed by atoms with Gasteiger partial charge in [0.1, 0.15) is 12.6 Å². The molecular weight excluding hydrogens is 662 g/mol. The molecule has 3 aromatic rings. The monoisotopic (exact) mass is 691 g/mol. The van der Waals surface area contributed by atoms with Gasteiger partial charge in [-0.15, -0.1) is 0 Å². The lowest BCUT2D eigenvalue weighted by atomic mass is 10.1. The third-order valence-corrected chi connectivity index (χ3v) is 9.28. The van der Waals surface area contributed by atoms with E-state index in [4.69, 9.17) is 34.8 Å². The molecule has 0 aliphatic heterocycles. The lowest BCUT2D eigenvalue weighted by Crippen LogP contribution is -2.52. The summed E-state index contributed by atoms with van der Waals surface area (Å²) in [5.41, 5.74) is -1.30. The Kier molecular flexibility index (Phi) is 12.0. The minimum absolute atomic E-state index is 0.102. The number of amides is 2. The third kappa shape index (κ3) is 8.80. The van der Waals surface area contributed by atoms with Crippen molar-refractivity contribution < 1.29 is 31.2 Å². The summed E-state index contributed by atoms with van der Waals surface area (Å²) in [5.74, 6) is -1.24. The van der Waals surface area contributed by atoms with Crippen LogP contribution in [-0.4, -0.2) is 44.3 Å². The van der Waals surface area contributed by atoms with Crippen LogP contribution in [0.3, 0.4) is 0 Å². The largest absolute Gasteiger partial charge is 0.417 e. The summed E-state index contributed by atoms with van der Waals surface area (Å²) in [6, 6.07) is 13.0. The van der Waals surface area contributed by atoms with Gasteiger partial charge in [0.05, 0.1) is 21.2 Å². The third-order valence-electron chi connectivity index (χ3n) is 6.58. The summed E-state index contributed by atoms with van der Waals surface area (Å²) in [4.78, 5) is 28.3. The Morgan fingerprint density at radius 2 is 1.59 bits per heavy atom. The second-order valence-electron chi connectivity index (χ2n) is 10.3. The van der Waals surface area contributed by atoms with Gasteiger partial charge in [-0.1, -0.05) is 79.8 Å². The summed E-state index contributed by atoms with van der Waals surface area (Å²) in [6.45, 7) is 4.64. The number of rotatable bonds is 12. The van der Waals surface area contributed by atoms with Crippen LogP contribution in [0.15, 0.2) is 71.6 Å². The molecule has 0 aliphatic carbocycles. The van der Waals surface area contributed by atoms with E-state index in [1.54, 1.807) is 25.1 Å². The van der Waals surface area contributed by atoms with E-state index in [0.29, 0.717) is 27.5 Å². The van der Waals surface area contributed by atoms with Crippen LogP contribution in [-0.2, 0) is 32.3 Å². The molecule has 14 heteroatoms. The van der Waals surface area contributed by atoms with E-state index in [9.17, 15) is 31.2 Å². The van der Waals surface area contributed by atoms with E-state index >= 15 is 0 Å². The van der Waals surface area contributed by atoms with Crippen LogP contribution in [0.1, 0.15) is 38.3 Å². The van der Waals surface area contributed by atoms with Crippen molar-refractivity contribution in [2.45, 2.75) is 50.9 Å². The van der Waals surface area contributed by atoms with Crippen LogP contribution in [0.2, 0.25) is 15.1 Å². The minimum Gasteiger partial charge on any atom is -0.354 e. The predicted molar refractivity (Wildman–Crippen MR) is 166 cm³/mol. The van der Waals surface area contributed by atoms with E-state index in [1.165, 1.54) is 35.2 Å². The number of nitrogens with one attached hydrogen (secondary N) is 1. The fraction of sp³-hybridized carbons (Fsp3) is 0.333. The van der Waals surface area contributed by atoms with E-state index in [-0.39, 0.29) is 28.8 Å². The van der Waals surface area contributed by atoms with Crippen molar-refractivity contribution in [2.75, 3.05) is 17.4 Å². The average Bonchev–Trinajstić information content (AvgIpc) is 2.95. The van der Waals surface area contributed by atoms with Crippen LogP contribution >= 0.6 is 34.8 Å². The number of sulfonamides is 1. The summed E-state index contributed by atoms with van der Waals surface area (Å²) in [7, 11) is -4.59. The molecule has 0 heterocycles. The Morgan fingerprint density at radius 1 is 0.932 bits per heavy atom. The van der Waals surface area contributed by atoms with Crippen molar-refractivity contribution in [3.8, 4) is 0 Å². The van der Waals surface area contributed by atoms with E-state index in [2.05, 4.69) is 5.32 Å². The van der Waals surface area contributed by atoms with Crippen LogP contribution in [0.25, 0.3) is 0 Å². The molecule has 0 spiro atoms.